The zero-order chi connectivity index (χ0) is 47.4. The van der Waals surface area contributed by atoms with Crippen molar-refractivity contribution in [3.05, 3.63) is 143 Å². The summed E-state index contributed by atoms with van der Waals surface area (Å²) in [6.45, 7) is 14.6. The van der Waals surface area contributed by atoms with Gasteiger partial charge in [0.15, 0.2) is 0 Å². The third-order valence-electron chi connectivity index (χ3n) is 13.4. The van der Waals surface area contributed by atoms with E-state index in [0.29, 0.717) is 23.1 Å². The summed E-state index contributed by atoms with van der Waals surface area (Å²) in [6, 6.07) is 36.5. The van der Waals surface area contributed by atoms with Crippen molar-refractivity contribution in [3.8, 4) is 28.3 Å². The number of imidazole rings is 1. The fraction of sp³-hybridized carbons (Fsp3) is 0.368. The predicted molar refractivity (Wildman–Crippen MR) is 266 cm³/mol. The second kappa shape index (κ2) is 18.8. The van der Waals surface area contributed by atoms with Crippen LogP contribution in [0.5, 0.6) is 0 Å². The Hall–Kier alpha value is -4.61. The Morgan fingerprint density at radius 2 is 1.56 bits per heavy atom. The number of benzene rings is 5. The van der Waals surface area contributed by atoms with Gasteiger partial charge in [0.2, 0.25) is 0 Å². The van der Waals surface area contributed by atoms with E-state index in [-0.39, 0.29) is 37.8 Å². The third kappa shape index (κ3) is 9.06. The van der Waals surface area contributed by atoms with Crippen molar-refractivity contribution in [3.63, 3.8) is 0 Å². The first-order chi connectivity index (χ1) is 32.0. The zero-order valence-electron chi connectivity index (χ0n) is 43.1. The molecule has 0 saturated heterocycles. The number of hydrogen-bond donors (Lipinski definition) is 0. The molecule has 3 heterocycles. The normalized spacial score (nSPS) is 15.9. The van der Waals surface area contributed by atoms with E-state index >= 15 is 0 Å². The maximum absolute atomic E-state index is 7.88. The van der Waals surface area contributed by atoms with Gasteiger partial charge in [0.05, 0.1) is 24.9 Å². The SMILES string of the molecule is CC(C)c1cccc(C(C)C)c1-n1c(-c2[c-]cc3c(c2)c2c4c(ccc2n3CC2CCCCC2)CCCC4)nc2ccccc21.[2H]c1[c-]c(-c2ccc([Si](C)(C)C)cn2)cc([2H])c1C([2H])([2H])[2H].[Ir]. The minimum absolute atomic E-state index is 0. The maximum atomic E-state index is 7.88. The van der Waals surface area contributed by atoms with E-state index in [0.717, 1.165) is 34.9 Å². The summed E-state index contributed by atoms with van der Waals surface area (Å²) in [5.74, 6) is 2.54. The van der Waals surface area contributed by atoms with E-state index in [1.54, 1.807) is 11.1 Å². The number of para-hydroxylation sites is 3. The van der Waals surface area contributed by atoms with Gasteiger partial charge in [-0.2, -0.15) is 0 Å². The van der Waals surface area contributed by atoms with E-state index in [2.05, 4.69) is 140 Å². The Morgan fingerprint density at radius 3 is 2.25 bits per heavy atom. The summed E-state index contributed by atoms with van der Waals surface area (Å²) in [5, 5.41) is 4.09. The predicted octanol–water partition coefficient (Wildman–Crippen LogP) is 14.7. The number of nitrogens with zero attached hydrogens (tertiary/aromatic N) is 4. The van der Waals surface area contributed by atoms with E-state index in [1.165, 1.54) is 108 Å². The number of pyridine rings is 1. The van der Waals surface area contributed by atoms with Gasteiger partial charge in [0.25, 0.3) is 0 Å². The Labute approximate surface area is 398 Å². The molecule has 0 atom stereocenters. The van der Waals surface area contributed by atoms with Crippen LogP contribution in [0, 0.1) is 24.9 Å². The van der Waals surface area contributed by atoms with Crippen LogP contribution in [0.3, 0.4) is 0 Å². The van der Waals surface area contributed by atoms with Crippen molar-refractivity contribution in [1.82, 2.24) is 19.1 Å². The van der Waals surface area contributed by atoms with E-state index in [9.17, 15) is 0 Å². The molecule has 2 aliphatic rings. The Kier molecular flexibility index (Phi) is 11.6. The van der Waals surface area contributed by atoms with Crippen molar-refractivity contribution < 1.29 is 27.0 Å². The van der Waals surface area contributed by atoms with Gasteiger partial charge >= 0.3 is 0 Å². The fourth-order valence-electron chi connectivity index (χ4n) is 10.0. The molecule has 0 aliphatic heterocycles. The molecule has 0 amide bonds. The van der Waals surface area contributed by atoms with Crippen molar-refractivity contribution in [2.45, 2.75) is 130 Å². The van der Waals surface area contributed by atoms with Gasteiger partial charge < -0.3 is 14.1 Å². The van der Waals surface area contributed by atoms with Crippen LogP contribution < -0.4 is 5.19 Å². The molecule has 0 N–H and O–H groups in total. The average molecular weight is 1030 g/mol. The average Bonchev–Trinajstić information content (AvgIpc) is 3.84. The Balaban J connectivity index is 0.000000230. The van der Waals surface area contributed by atoms with Crippen LogP contribution in [-0.2, 0) is 39.5 Å². The number of aromatic nitrogens is 4. The fourth-order valence-corrected chi connectivity index (χ4v) is 11.1. The summed E-state index contributed by atoms with van der Waals surface area (Å²) in [5.41, 5.74) is 14.0. The van der Waals surface area contributed by atoms with Gasteiger partial charge in [0, 0.05) is 50.9 Å². The summed E-state index contributed by atoms with van der Waals surface area (Å²) < 4.78 is 43.0. The molecule has 3 aromatic heterocycles. The summed E-state index contributed by atoms with van der Waals surface area (Å²) in [6.07, 6.45) is 13.6. The molecular weight excluding hydrogens is 961 g/mol. The number of aryl methyl sites for hydroxylation is 2. The Bertz CT molecular complexity index is 3050. The van der Waals surface area contributed by atoms with E-state index < -0.39 is 14.9 Å². The largest absolute Gasteiger partial charge is 0.380 e. The smallest absolute Gasteiger partial charge is 0.0795 e. The molecule has 1 radical (unpaired) electrons. The number of hydrogen-bond acceptors (Lipinski definition) is 2. The number of fused-ring (bicyclic) bond motifs is 6. The van der Waals surface area contributed by atoms with Gasteiger partial charge in [-0.15, -0.1) is 59.1 Å². The minimum Gasteiger partial charge on any atom is -0.380 e. The Morgan fingerprint density at radius 1 is 0.794 bits per heavy atom. The van der Waals surface area contributed by atoms with Gasteiger partial charge in [-0.25, -0.2) is 0 Å². The van der Waals surface area contributed by atoms with Crippen LogP contribution in [0.25, 0.3) is 61.2 Å². The standard InChI is InChI=1S/C42H46N3.C15H18NSi.Ir/c1-27(2)32-17-12-18-33(28(3)4)41(32)45-38-20-11-10-19-36(38)43-42(45)31-22-23-37-35(25-31)40-34-16-9-8-15-30(34)21-24-39(40)44(37)26-29-13-6-5-7-14-29;1-12-5-7-13(8-6-12)15-10-9-14(11-16-15)17(2,3)4;/h10-12,17-21,23-25,27-29H,5-9,13-16,26H2,1-4H3;5-7,9-11H,1-4H3;/q2*-1;/i;1D3,5D,6D;. The van der Waals surface area contributed by atoms with Crippen LogP contribution in [0.2, 0.25) is 19.6 Å². The second-order valence-electron chi connectivity index (χ2n) is 19.4. The van der Waals surface area contributed by atoms with Gasteiger partial charge in [-0.3, -0.25) is 4.98 Å². The zero-order valence-corrected chi connectivity index (χ0v) is 41.5. The summed E-state index contributed by atoms with van der Waals surface area (Å²) in [7, 11) is -1.43. The van der Waals surface area contributed by atoms with Crippen molar-refractivity contribution in [1.29, 1.82) is 0 Å². The van der Waals surface area contributed by atoms with Crippen molar-refractivity contribution in [2.24, 2.45) is 5.92 Å². The van der Waals surface area contributed by atoms with Crippen molar-refractivity contribution >= 4 is 46.1 Å². The van der Waals surface area contributed by atoms with E-state index in [4.69, 9.17) is 11.8 Å². The molecule has 0 bridgehead atoms. The monoisotopic (exact) mass is 1030 g/mol. The van der Waals surface area contributed by atoms with Crippen LogP contribution in [0.4, 0.5) is 0 Å². The summed E-state index contributed by atoms with van der Waals surface area (Å²) >= 11 is 0. The van der Waals surface area contributed by atoms with Crippen LogP contribution in [0.1, 0.15) is 119 Å². The quantitative estimate of drug-likeness (QED) is 0.112. The first-order valence-corrected chi connectivity index (χ1v) is 26.6. The summed E-state index contributed by atoms with van der Waals surface area (Å²) in [4.78, 5) is 9.75. The molecule has 2 aliphatic carbocycles. The topological polar surface area (TPSA) is 35.6 Å². The molecule has 6 heteroatoms. The molecule has 5 aromatic carbocycles. The first kappa shape index (κ1) is 38.8. The molecule has 327 valence electrons. The first-order valence-electron chi connectivity index (χ1n) is 25.6. The molecule has 4 nitrogen and oxygen atoms in total. The molecular formula is C57H64IrN4Si-2. The molecule has 0 unspecified atom stereocenters. The van der Waals surface area contributed by atoms with Gasteiger partial charge in [0.1, 0.15) is 0 Å². The third-order valence-corrected chi connectivity index (χ3v) is 15.4. The molecule has 10 rings (SSSR count). The molecule has 0 spiro atoms. The van der Waals surface area contributed by atoms with Crippen molar-refractivity contribution in [2.75, 3.05) is 0 Å². The van der Waals surface area contributed by atoms with Gasteiger partial charge in [-0.1, -0.05) is 127 Å². The molecule has 1 saturated carbocycles. The molecule has 1 fully saturated rings. The minimum atomic E-state index is -2.47. The van der Waals surface area contributed by atoms with Crippen LogP contribution >= 0.6 is 0 Å². The molecule has 8 aromatic rings. The maximum Gasteiger partial charge on any atom is 0.0795 e. The second-order valence-corrected chi connectivity index (χ2v) is 24.5. The van der Waals surface area contributed by atoms with Gasteiger partial charge in [-0.05, 0) is 119 Å². The van der Waals surface area contributed by atoms with E-state index in [1.807, 2.05) is 18.3 Å². The van der Waals surface area contributed by atoms with Crippen LogP contribution in [0.15, 0.2) is 103 Å². The molecule has 63 heavy (non-hydrogen) atoms. The number of rotatable bonds is 8. The van der Waals surface area contributed by atoms with Crippen LogP contribution in [-0.4, -0.2) is 27.2 Å².